The number of benzene rings is 1. The van der Waals surface area contributed by atoms with Gasteiger partial charge in [0, 0.05) is 38.4 Å². The number of carboxylic acids is 1. The first kappa shape index (κ1) is 25.5. The van der Waals surface area contributed by atoms with Crippen LogP contribution in [0.25, 0.3) is 0 Å². The number of pyridine rings is 1. The van der Waals surface area contributed by atoms with Gasteiger partial charge in [-0.3, -0.25) is 4.79 Å². The maximum absolute atomic E-state index is 11.7. The van der Waals surface area contributed by atoms with Crippen molar-refractivity contribution in [3.63, 3.8) is 0 Å². The number of nitrogens with zero attached hydrogens (tertiary/aromatic N) is 2. The number of aromatic nitrogens is 1. The number of anilines is 1. The second kappa shape index (κ2) is 12.4. The van der Waals surface area contributed by atoms with Crippen molar-refractivity contribution < 1.29 is 19.4 Å². The van der Waals surface area contributed by atoms with Crippen molar-refractivity contribution in [3.05, 3.63) is 53.2 Å². The topological polar surface area (TPSA) is 83.9 Å². The molecule has 0 bridgehead atoms. The highest BCUT2D eigenvalue weighted by Crippen LogP contribution is 2.29. The molecule has 3 unspecified atom stereocenters. The molecule has 2 N–H and O–H groups in total. The molecule has 1 aromatic carbocycles. The summed E-state index contributed by atoms with van der Waals surface area (Å²) in [5.41, 5.74) is 3.52. The lowest BCUT2D eigenvalue weighted by molar-refractivity contribution is -0.137. The van der Waals surface area contributed by atoms with Gasteiger partial charge in [-0.2, -0.15) is 0 Å². The van der Waals surface area contributed by atoms with E-state index in [1.165, 1.54) is 17.7 Å². The molecule has 0 saturated carbocycles. The van der Waals surface area contributed by atoms with Crippen molar-refractivity contribution in [2.24, 2.45) is 5.92 Å². The molecule has 0 spiro atoms. The number of fused-ring (bicyclic) bond motifs is 1. The summed E-state index contributed by atoms with van der Waals surface area (Å²) in [5, 5.41) is 13.0. The number of rotatable bonds is 12. The zero-order valence-electron chi connectivity index (χ0n) is 21.0. The maximum atomic E-state index is 11.7. The smallest absolute Gasteiger partial charge is 0.304 e. The number of hydrogen-bond donors (Lipinski definition) is 2. The van der Waals surface area contributed by atoms with E-state index >= 15 is 0 Å². The van der Waals surface area contributed by atoms with Gasteiger partial charge >= 0.3 is 5.97 Å². The van der Waals surface area contributed by atoms with Crippen LogP contribution in [0.1, 0.15) is 55.3 Å². The van der Waals surface area contributed by atoms with Crippen molar-refractivity contribution >= 4 is 11.8 Å². The number of hydrogen-bond acceptors (Lipinski definition) is 6. The fourth-order valence-corrected chi connectivity index (χ4v) is 5.33. The number of carbonyl (C=O) groups is 1. The average molecular weight is 482 g/mol. The van der Waals surface area contributed by atoms with Gasteiger partial charge in [-0.25, -0.2) is 4.98 Å². The van der Waals surface area contributed by atoms with Crippen molar-refractivity contribution in [1.82, 2.24) is 9.88 Å². The Balaban J connectivity index is 1.32. The third-order valence-corrected chi connectivity index (χ3v) is 7.10. The molecular weight excluding hydrogens is 442 g/mol. The summed E-state index contributed by atoms with van der Waals surface area (Å²) in [7, 11) is 1.66. The predicted molar refractivity (Wildman–Crippen MR) is 137 cm³/mol. The molecule has 7 nitrogen and oxygen atoms in total. The second-order valence-corrected chi connectivity index (χ2v) is 10.0. The van der Waals surface area contributed by atoms with Crippen LogP contribution in [-0.2, 0) is 22.4 Å². The molecule has 0 aliphatic carbocycles. The molecule has 1 saturated heterocycles. The summed E-state index contributed by atoms with van der Waals surface area (Å²) in [5.74, 6) is 1.61. The molecule has 0 amide bonds. The zero-order valence-corrected chi connectivity index (χ0v) is 21.0. The summed E-state index contributed by atoms with van der Waals surface area (Å²) in [6.45, 7) is 6.27. The van der Waals surface area contributed by atoms with Crippen molar-refractivity contribution in [2.45, 2.75) is 57.5 Å². The van der Waals surface area contributed by atoms with Gasteiger partial charge in [-0.05, 0) is 80.8 Å². The first-order valence-corrected chi connectivity index (χ1v) is 12.9. The number of methoxy groups -OCH3 is 1. The Kier molecular flexibility index (Phi) is 8.99. The zero-order chi connectivity index (χ0) is 24.6. The monoisotopic (exact) mass is 481 g/mol. The van der Waals surface area contributed by atoms with Gasteiger partial charge in [-0.1, -0.05) is 18.2 Å². The van der Waals surface area contributed by atoms with E-state index < -0.39 is 5.97 Å². The normalized spacial score (nSPS) is 19.5. The minimum Gasteiger partial charge on any atom is -0.488 e. The van der Waals surface area contributed by atoms with E-state index in [0.29, 0.717) is 12.5 Å². The van der Waals surface area contributed by atoms with E-state index in [2.05, 4.69) is 22.3 Å². The number of aliphatic carboxylic acids is 1. The van der Waals surface area contributed by atoms with Crippen LogP contribution in [-0.4, -0.2) is 67.0 Å². The largest absolute Gasteiger partial charge is 0.488 e. The third-order valence-electron chi connectivity index (χ3n) is 7.10. The first-order valence-electron chi connectivity index (χ1n) is 12.9. The van der Waals surface area contributed by atoms with Crippen LogP contribution in [0.3, 0.4) is 0 Å². The lowest BCUT2D eigenvalue weighted by Gasteiger charge is -2.24. The van der Waals surface area contributed by atoms with Crippen molar-refractivity contribution in [2.75, 3.05) is 45.2 Å². The summed E-state index contributed by atoms with van der Waals surface area (Å²) >= 11 is 0. The van der Waals surface area contributed by atoms with Gasteiger partial charge in [0.25, 0.3) is 0 Å². The Morgan fingerprint density at radius 1 is 1.31 bits per heavy atom. The standard InChI is InChI=1S/C28H39N3O4/c1-20(19-34-2)35-26-7-3-5-23(15-26)24(16-27(32)33)18-31-14-12-21(17-31)8-10-25-11-9-22-6-4-13-29-28(22)30-25/h3,5,7,9,11,15,20-21,24H,4,6,8,10,12-14,16-19H2,1-2H3,(H,29,30)(H,32,33). The lowest BCUT2D eigenvalue weighted by atomic mass is 9.94. The molecule has 2 aliphatic rings. The molecule has 0 radical (unpaired) electrons. The molecule has 4 rings (SSSR count). The van der Waals surface area contributed by atoms with Crippen molar-refractivity contribution in [3.8, 4) is 5.75 Å². The van der Waals surface area contributed by atoms with E-state index in [-0.39, 0.29) is 18.4 Å². The molecular formula is C28H39N3O4. The maximum Gasteiger partial charge on any atom is 0.304 e. The van der Waals surface area contributed by atoms with Gasteiger partial charge < -0.3 is 24.8 Å². The molecule has 190 valence electrons. The van der Waals surface area contributed by atoms with E-state index in [9.17, 15) is 9.90 Å². The van der Waals surface area contributed by atoms with Crippen molar-refractivity contribution in [1.29, 1.82) is 0 Å². The van der Waals surface area contributed by atoms with Gasteiger partial charge in [-0.15, -0.1) is 0 Å². The van der Waals surface area contributed by atoms with Crippen LogP contribution in [0, 0.1) is 5.92 Å². The Bertz CT molecular complexity index is 982. The van der Waals surface area contributed by atoms with Crippen LogP contribution in [0.15, 0.2) is 36.4 Å². The minimum absolute atomic E-state index is 0.0621. The van der Waals surface area contributed by atoms with Crippen LogP contribution >= 0.6 is 0 Å². The first-order chi connectivity index (χ1) is 17.0. The van der Waals surface area contributed by atoms with Gasteiger partial charge in [0.05, 0.1) is 13.0 Å². The van der Waals surface area contributed by atoms with E-state index in [4.69, 9.17) is 14.5 Å². The minimum atomic E-state index is -0.767. The highest BCUT2D eigenvalue weighted by Gasteiger charge is 2.27. The van der Waals surface area contributed by atoms with Crippen LogP contribution in [0.2, 0.25) is 0 Å². The van der Waals surface area contributed by atoms with Crippen LogP contribution in [0.4, 0.5) is 5.82 Å². The number of ether oxygens (including phenoxy) is 2. The summed E-state index contributed by atoms with van der Waals surface area (Å²) in [4.78, 5) is 18.9. The fraction of sp³-hybridized carbons (Fsp3) is 0.571. The fourth-order valence-electron chi connectivity index (χ4n) is 5.33. The Labute approximate surface area is 208 Å². The highest BCUT2D eigenvalue weighted by atomic mass is 16.5. The van der Waals surface area contributed by atoms with Gasteiger partial charge in [0.2, 0.25) is 0 Å². The molecule has 35 heavy (non-hydrogen) atoms. The van der Waals surface area contributed by atoms with Crippen LogP contribution < -0.4 is 10.1 Å². The number of aryl methyl sites for hydroxylation is 2. The second-order valence-electron chi connectivity index (χ2n) is 10.0. The molecule has 3 heterocycles. The van der Waals surface area contributed by atoms with Crippen LogP contribution in [0.5, 0.6) is 5.75 Å². The summed E-state index contributed by atoms with van der Waals surface area (Å²) in [6.07, 6.45) is 5.61. The summed E-state index contributed by atoms with van der Waals surface area (Å²) < 4.78 is 11.1. The molecule has 1 fully saturated rings. The van der Waals surface area contributed by atoms with E-state index in [1.54, 1.807) is 7.11 Å². The molecule has 3 atom stereocenters. The van der Waals surface area contributed by atoms with Gasteiger partial charge in [0.1, 0.15) is 17.7 Å². The average Bonchev–Trinajstić information content (AvgIpc) is 3.29. The molecule has 2 aromatic rings. The quantitative estimate of drug-likeness (QED) is 0.466. The molecule has 7 heteroatoms. The third kappa shape index (κ3) is 7.42. The van der Waals surface area contributed by atoms with E-state index in [1.807, 2.05) is 31.2 Å². The predicted octanol–water partition coefficient (Wildman–Crippen LogP) is 4.37. The number of likely N-dealkylation sites (tertiary alicyclic amines) is 1. The summed E-state index contributed by atoms with van der Waals surface area (Å²) in [6, 6.07) is 12.3. The lowest BCUT2D eigenvalue weighted by Crippen LogP contribution is -2.28. The van der Waals surface area contributed by atoms with E-state index in [0.717, 1.165) is 69.0 Å². The van der Waals surface area contributed by atoms with Gasteiger partial charge in [0.15, 0.2) is 0 Å². The Morgan fingerprint density at radius 2 is 2.20 bits per heavy atom. The highest BCUT2D eigenvalue weighted by molar-refractivity contribution is 5.68. The number of carboxylic acid groups (broad SMARTS) is 1. The SMILES string of the molecule is COCC(C)Oc1cccc(C(CC(=O)O)CN2CCC(CCc3ccc4c(n3)NCCC4)C2)c1. The molecule has 2 aliphatic heterocycles. The Morgan fingerprint density at radius 3 is 3.03 bits per heavy atom. The number of nitrogens with one attached hydrogen (secondary N) is 1. The molecule has 1 aromatic heterocycles. The Hall–Kier alpha value is -2.64.